The van der Waals surface area contributed by atoms with Gasteiger partial charge in [0.25, 0.3) is 0 Å². The second-order valence-corrected chi connectivity index (χ2v) is 9.03. The summed E-state index contributed by atoms with van der Waals surface area (Å²) in [4.78, 5) is 7.52. The minimum absolute atomic E-state index is 0.0531. The van der Waals surface area contributed by atoms with E-state index in [-0.39, 0.29) is 17.1 Å². The zero-order valence-corrected chi connectivity index (χ0v) is 19.4. The van der Waals surface area contributed by atoms with Crippen molar-refractivity contribution in [3.8, 4) is 23.1 Å². The molecule has 1 unspecified atom stereocenters. The number of fused-ring (bicyclic) bond motifs is 1. The number of nitrogens with one attached hydrogen (secondary N) is 1. The number of para-hydroxylation sites is 2. The second-order valence-electron chi connectivity index (χ2n) is 7.72. The van der Waals surface area contributed by atoms with E-state index in [2.05, 4.69) is 26.2 Å². The number of benzene rings is 3. The van der Waals surface area contributed by atoms with Gasteiger partial charge in [-0.25, -0.2) is 9.37 Å². The Labute approximate surface area is 204 Å². The van der Waals surface area contributed by atoms with Gasteiger partial charge in [-0.1, -0.05) is 54.2 Å². The average molecular weight is 483 g/mol. The van der Waals surface area contributed by atoms with Crippen LogP contribution in [-0.4, -0.2) is 35.1 Å². The SMILES string of the molecule is CC(Sc1nnc(-c2ccccc2)n1-c1ccc(F)cc1)/C(O)=C(\C#N)c1nc2ccccc2[nH]1. The highest BCUT2D eigenvalue weighted by atomic mass is 32.2. The zero-order chi connectivity index (χ0) is 24.4. The number of imidazole rings is 1. The molecule has 2 N–H and O–H groups in total. The predicted octanol–water partition coefficient (Wildman–Crippen LogP) is 5.92. The fraction of sp³-hybridized carbons (Fsp3) is 0.0769. The molecule has 0 fully saturated rings. The van der Waals surface area contributed by atoms with Crippen LogP contribution in [0.4, 0.5) is 4.39 Å². The number of halogens is 1. The monoisotopic (exact) mass is 482 g/mol. The third-order valence-electron chi connectivity index (χ3n) is 5.41. The average Bonchev–Trinajstić information content (AvgIpc) is 3.50. The molecule has 0 saturated heterocycles. The first-order chi connectivity index (χ1) is 17.0. The molecule has 0 bridgehead atoms. The fourth-order valence-corrected chi connectivity index (χ4v) is 4.59. The van der Waals surface area contributed by atoms with Crippen LogP contribution in [-0.2, 0) is 0 Å². The van der Waals surface area contributed by atoms with Gasteiger partial charge in [0.2, 0.25) is 0 Å². The number of thioether (sulfide) groups is 1. The third kappa shape index (κ3) is 4.39. The molecular formula is C26H19FN6OS. The molecule has 0 saturated carbocycles. The molecule has 2 aromatic heterocycles. The molecule has 35 heavy (non-hydrogen) atoms. The summed E-state index contributed by atoms with van der Waals surface area (Å²) >= 11 is 1.23. The molecule has 0 radical (unpaired) electrons. The Morgan fingerprint density at radius 1 is 1.03 bits per heavy atom. The Bertz CT molecular complexity index is 1530. The van der Waals surface area contributed by atoms with Crippen molar-refractivity contribution >= 4 is 28.4 Å². The minimum Gasteiger partial charge on any atom is -0.510 e. The summed E-state index contributed by atoms with van der Waals surface area (Å²) in [6.07, 6.45) is 0. The van der Waals surface area contributed by atoms with Gasteiger partial charge in [0.15, 0.2) is 16.8 Å². The largest absolute Gasteiger partial charge is 0.510 e. The number of rotatable bonds is 6. The van der Waals surface area contributed by atoms with E-state index in [0.29, 0.717) is 28.0 Å². The molecule has 0 spiro atoms. The van der Waals surface area contributed by atoms with E-state index in [9.17, 15) is 14.8 Å². The highest BCUT2D eigenvalue weighted by molar-refractivity contribution is 8.00. The maximum Gasteiger partial charge on any atom is 0.196 e. The standard InChI is InChI=1S/C26H19FN6OS/c1-16(23(34)20(15-28)24-29-21-9-5-6-10-22(21)30-24)35-26-32-31-25(17-7-3-2-4-8-17)33(26)19-13-11-18(27)12-14-19/h2-14,16,34H,1H3,(H,29,30)/b23-20-. The third-order valence-corrected chi connectivity index (χ3v) is 6.46. The number of aromatic nitrogens is 5. The Kier molecular flexibility index (Phi) is 6.04. The molecule has 5 rings (SSSR count). The summed E-state index contributed by atoms with van der Waals surface area (Å²) < 4.78 is 15.4. The number of aromatic amines is 1. The van der Waals surface area contributed by atoms with E-state index < -0.39 is 5.25 Å². The summed E-state index contributed by atoms with van der Waals surface area (Å²) in [6, 6.07) is 25.0. The number of hydrogen-bond donors (Lipinski definition) is 2. The molecular weight excluding hydrogens is 463 g/mol. The van der Waals surface area contributed by atoms with Gasteiger partial charge in [-0.05, 0) is 43.3 Å². The molecule has 0 aliphatic rings. The maximum absolute atomic E-state index is 13.6. The van der Waals surface area contributed by atoms with E-state index >= 15 is 0 Å². The van der Waals surface area contributed by atoms with Crippen LogP contribution in [0.2, 0.25) is 0 Å². The van der Waals surface area contributed by atoms with Crippen LogP contribution >= 0.6 is 11.8 Å². The molecule has 0 aliphatic carbocycles. The van der Waals surface area contributed by atoms with E-state index in [1.807, 2.05) is 54.6 Å². The lowest BCUT2D eigenvalue weighted by atomic mass is 10.2. The Balaban J connectivity index is 1.54. The number of nitriles is 1. The van der Waals surface area contributed by atoms with Crippen molar-refractivity contribution in [2.24, 2.45) is 0 Å². The van der Waals surface area contributed by atoms with Gasteiger partial charge < -0.3 is 10.1 Å². The van der Waals surface area contributed by atoms with E-state index in [4.69, 9.17) is 0 Å². The van der Waals surface area contributed by atoms with E-state index in [1.54, 1.807) is 23.6 Å². The minimum atomic E-state index is -0.551. The highest BCUT2D eigenvalue weighted by Gasteiger charge is 2.23. The fourth-order valence-electron chi connectivity index (χ4n) is 3.66. The number of hydrogen-bond acceptors (Lipinski definition) is 6. The van der Waals surface area contributed by atoms with Crippen molar-refractivity contribution in [2.75, 3.05) is 0 Å². The van der Waals surface area contributed by atoms with Gasteiger partial charge in [0, 0.05) is 11.3 Å². The summed E-state index contributed by atoms with van der Waals surface area (Å²) in [5, 5.41) is 29.5. The van der Waals surface area contributed by atoms with Gasteiger partial charge in [-0.3, -0.25) is 4.57 Å². The van der Waals surface area contributed by atoms with Crippen LogP contribution in [0.5, 0.6) is 0 Å². The molecule has 5 aromatic rings. The van der Waals surface area contributed by atoms with Crippen molar-refractivity contribution in [1.82, 2.24) is 24.7 Å². The summed E-state index contributed by atoms with van der Waals surface area (Å²) in [7, 11) is 0. The van der Waals surface area contributed by atoms with Crippen LogP contribution in [0.15, 0.2) is 89.8 Å². The van der Waals surface area contributed by atoms with Crippen LogP contribution in [0.1, 0.15) is 12.7 Å². The zero-order valence-electron chi connectivity index (χ0n) is 18.6. The van der Waals surface area contributed by atoms with Gasteiger partial charge in [-0.2, -0.15) is 5.26 Å². The van der Waals surface area contributed by atoms with E-state index in [0.717, 1.165) is 11.1 Å². The van der Waals surface area contributed by atoms with Crippen molar-refractivity contribution in [3.63, 3.8) is 0 Å². The van der Waals surface area contributed by atoms with Gasteiger partial charge >= 0.3 is 0 Å². The lowest BCUT2D eigenvalue weighted by Crippen LogP contribution is -2.07. The van der Waals surface area contributed by atoms with Gasteiger partial charge in [0.1, 0.15) is 23.2 Å². The first kappa shape index (κ1) is 22.4. The number of aliphatic hydroxyl groups excluding tert-OH is 1. The first-order valence-corrected chi connectivity index (χ1v) is 11.6. The van der Waals surface area contributed by atoms with Crippen LogP contribution in [0, 0.1) is 17.1 Å². The number of aliphatic hydroxyl groups is 1. The number of nitrogens with zero attached hydrogens (tertiary/aromatic N) is 5. The maximum atomic E-state index is 13.6. The Morgan fingerprint density at radius 2 is 1.74 bits per heavy atom. The number of H-pyrrole nitrogens is 1. The molecule has 3 aromatic carbocycles. The molecule has 0 amide bonds. The highest BCUT2D eigenvalue weighted by Crippen LogP contribution is 2.33. The summed E-state index contributed by atoms with van der Waals surface area (Å²) in [5.74, 6) is 0.388. The van der Waals surface area contributed by atoms with Crippen LogP contribution in [0.3, 0.4) is 0 Å². The summed E-state index contributed by atoms with van der Waals surface area (Å²) in [6.45, 7) is 1.77. The van der Waals surface area contributed by atoms with Crippen LogP contribution < -0.4 is 0 Å². The van der Waals surface area contributed by atoms with Gasteiger partial charge in [0.05, 0.1) is 16.3 Å². The Hall–Kier alpha value is -4.42. The van der Waals surface area contributed by atoms with Crippen molar-refractivity contribution in [1.29, 1.82) is 5.26 Å². The van der Waals surface area contributed by atoms with Crippen LogP contribution in [0.25, 0.3) is 33.7 Å². The van der Waals surface area contributed by atoms with Crippen molar-refractivity contribution in [2.45, 2.75) is 17.3 Å². The molecule has 172 valence electrons. The first-order valence-electron chi connectivity index (χ1n) is 10.8. The second kappa shape index (κ2) is 9.44. The lowest BCUT2D eigenvalue weighted by molar-refractivity contribution is 0.401. The van der Waals surface area contributed by atoms with Crippen molar-refractivity contribution < 1.29 is 9.50 Å². The molecule has 7 nitrogen and oxygen atoms in total. The Morgan fingerprint density at radius 3 is 2.46 bits per heavy atom. The topological polar surface area (TPSA) is 103 Å². The molecule has 9 heteroatoms. The molecule has 0 aliphatic heterocycles. The summed E-state index contributed by atoms with van der Waals surface area (Å²) in [5.41, 5.74) is 3.03. The lowest BCUT2D eigenvalue weighted by Gasteiger charge is -2.14. The number of allylic oxidation sites excluding steroid dienone is 1. The normalized spacial score (nSPS) is 12.8. The molecule has 2 heterocycles. The predicted molar refractivity (Wildman–Crippen MR) is 133 cm³/mol. The smallest absolute Gasteiger partial charge is 0.196 e. The quantitative estimate of drug-likeness (QED) is 0.177. The van der Waals surface area contributed by atoms with E-state index in [1.165, 1.54) is 23.9 Å². The molecule has 1 atom stereocenters. The van der Waals surface area contributed by atoms with Crippen molar-refractivity contribution in [3.05, 3.63) is 96.3 Å². The van der Waals surface area contributed by atoms with Gasteiger partial charge in [-0.15, -0.1) is 10.2 Å².